The van der Waals surface area contributed by atoms with E-state index < -0.39 is 11.6 Å². The normalized spacial score (nSPS) is 16.7. The number of rotatable bonds is 10. The fourth-order valence-electron chi connectivity index (χ4n) is 5.57. The first-order valence-corrected chi connectivity index (χ1v) is 14.6. The minimum absolute atomic E-state index is 0.00169. The van der Waals surface area contributed by atoms with Crippen molar-refractivity contribution in [1.29, 1.82) is 0 Å². The van der Waals surface area contributed by atoms with Crippen LogP contribution in [0.1, 0.15) is 54.8 Å². The summed E-state index contributed by atoms with van der Waals surface area (Å²) in [6, 6.07) is 14.7. The minimum Gasteiger partial charge on any atom is -0.394 e. The lowest BCUT2D eigenvalue weighted by Gasteiger charge is -2.31. The molecule has 1 atom stereocenters. The number of fused-ring (bicyclic) bond motifs is 1. The van der Waals surface area contributed by atoms with E-state index in [9.17, 15) is 9.90 Å². The number of ether oxygens (including phenoxy) is 1. The van der Waals surface area contributed by atoms with Crippen molar-refractivity contribution in [3.8, 4) is 11.5 Å². The lowest BCUT2D eigenvalue weighted by molar-refractivity contribution is 0.0615. The molecule has 0 radical (unpaired) electrons. The maximum atomic E-state index is 13.0. The molecule has 224 valence electrons. The van der Waals surface area contributed by atoms with Crippen LogP contribution in [0.3, 0.4) is 0 Å². The molecule has 1 amide bonds. The molecule has 0 bridgehead atoms. The van der Waals surface area contributed by atoms with Crippen molar-refractivity contribution in [3.63, 3.8) is 0 Å². The van der Waals surface area contributed by atoms with Crippen molar-refractivity contribution in [1.82, 2.24) is 25.0 Å². The number of pyridine rings is 2. The molecule has 1 aromatic carbocycles. The molecule has 0 unspecified atom stereocenters. The van der Waals surface area contributed by atoms with Gasteiger partial charge in [-0.3, -0.25) is 4.79 Å². The van der Waals surface area contributed by atoms with E-state index >= 15 is 0 Å². The predicted octanol–water partition coefficient (Wildman–Crippen LogP) is 4.35. The molecule has 0 saturated carbocycles. The van der Waals surface area contributed by atoms with Crippen LogP contribution in [0, 0.1) is 0 Å². The molecule has 0 spiro atoms. The van der Waals surface area contributed by atoms with Gasteiger partial charge in [0.25, 0.3) is 17.7 Å². The van der Waals surface area contributed by atoms with Crippen molar-refractivity contribution >= 4 is 29.2 Å². The van der Waals surface area contributed by atoms with Crippen LogP contribution in [0.4, 0.5) is 23.3 Å². The lowest BCUT2D eigenvalue weighted by Crippen LogP contribution is -2.39. The average Bonchev–Trinajstić information content (AvgIpc) is 3.59. The van der Waals surface area contributed by atoms with Crippen LogP contribution in [0.25, 0.3) is 11.5 Å². The first-order chi connectivity index (χ1) is 20.9. The smallest absolute Gasteiger partial charge is 0.266 e. The summed E-state index contributed by atoms with van der Waals surface area (Å²) in [5.41, 5.74) is 2.99. The van der Waals surface area contributed by atoms with Gasteiger partial charge in [-0.15, -0.1) is 0 Å². The summed E-state index contributed by atoms with van der Waals surface area (Å²) < 4.78 is 11.1. The summed E-state index contributed by atoms with van der Waals surface area (Å²) in [7, 11) is 0. The van der Waals surface area contributed by atoms with Crippen molar-refractivity contribution < 1.29 is 19.2 Å². The molecule has 43 heavy (non-hydrogen) atoms. The van der Waals surface area contributed by atoms with Crippen LogP contribution in [0.15, 0.2) is 59.3 Å². The zero-order chi connectivity index (χ0) is 30.0. The lowest BCUT2D eigenvalue weighted by atomic mass is 9.99. The molecular weight excluding hydrogens is 548 g/mol. The van der Waals surface area contributed by atoms with E-state index in [0.29, 0.717) is 73.1 Å². The number of aliphatic hydroxyl groups excluding tert-OH is 1. The number of carbonyl (C=O) groups is 1. The average molecular weight is 585 g/mol. The van der Waals surface area contributed by atoms with Gasteiger partial charge >= 0.3 is 0 Å². The van der Waals surface area contributed by atoms with Crippen LogP contribution >= 0.6 is 0 Å². The number of morpholine rings is 1. The molecule has 12 heteroatoms. The zero-order valence-corrected chi connectivity index (χ0v) is 24.6. The second kappa shape index (κ2) is 12.0. The van der Waals surface area contributed by atoms with E-state index in [4.69, 9.17) is 14.2 Å². The van der Waals surface area contributed by atoms with Crippen LogP contribution in [-0.2, 0) is 10.3 Å². The van der Waals surface area contributed by atoms with E-state index in [1.807, 2.05) is 66.1 Å². The molecule has 1 fully saturated rings. The SMILES string of the molecule is CCCN1C(=O)c2ccc(Nc3cc(N[C@H](CO)c4ccccc4)c(-c4nc(N5CCOCC5)no4)cn3)nc2C1(C)C. The Balaban J connectivity index is 1.33. The Labute approximate surface area is 250 Å². The third-order valence-electron chi connectivity index (χ3n) is 7.89. The second-order valence-corrected chi connectivity index (χ2v) is 11.1. The number of nitrogens with one attached hydrogen (secondary N) is 2. The van der Waals surface area contributed by atoms with Crippen LogP contribution < -0.4 is 15.5 Å². The highest BCUT2D eigenvalue weighted by Gasteiger charge is 2.44. The molecular formula is C31H36N8O4. The first kappa shape index (κ1) is 28.6. The van der Waals surface area contributed by atoms with E-state index in [1.165, 1.54) is 0 Å². The van der Waals surface area contributed by atoms with E-state index in [1.54, 1.807) is 12.3 Å². The summed E-state index contributed by atoms with van der Waals surface area (Å²) >= 11 is 0. The fraction of sp³-hybridized carbons (Fsp3) is 0.387. The molecule has 3 aromatic heterocycles. The number of anilines is 4. The number of benzene rings is 1. The van der Waals surface area contributed by atoms with Gasteiger partial charge in [0.15, 0.2) is 0 Å². The van der Waals surface area contributed by atoms with Crippen molar-refractivity contribution in [2.45, 2.75) is 38.8 Å². The highest BCUT2D eigenvalue weighted by molar-refractivity contribution is 5.99. The van der Waals surface area contributed by atoms with Gasteiger partial charge in [0, 0.05) is 31.9 Å². The Kier molecular flexibility index (Phi) is 7.96. The van der Waals surface area contributed by atoms with Gasteiger partial charge in [-0.2, -0.15) is 4.98 Å². The monoisotopic (exact) mass is 584 g/mol. The molecule has 2 aliphatic heterocycles. The molecule has 6 rings (SSSR count). The van der Waals surface area contributed by atoms with Gasteiger partial charge in [-0.1, -0.05) is 37.3 Å². The third kappa shape index (κ3) is 5.63. The fourth-order valence-corrected chi connectivity index (χ4v) is 5.57. The Bertz CT molecular complexity index is 1590. The highest BCUT2D eigenvalue weighted by atomic mass is 16.5. The number of carbonyl (C=O) groups excluding carboxylic acids is 1. The minimum atomic E-state index is -0.524. The summed E-state index contributed by atoms with van der Waals surface area (Å²) in [5, 5.41) is 21.2. The number of amides is 1. The Morgan fingerprint density at radius 1 is 1.05 bits per heavy atom. The molecule has 5 heterocycles. The van der Waals surface area contributed by atoms with Gasteiger partial charge in [0.05, 0.1) is 53.9 Å². The molecule has 12 nitrogen and oxygen atoms in total. The van der Waals surface area contributed by atoms with Crippen molar-refractivity contribution in [2.75, 3.05) is 55.0 Å². The van der Waals surface area contributed by atoms with E-state index in [-0.39, 0.29) is 12.5 Å². The number of nitrogens with zero attached hydrogens (tertiary/aromatic N) is 6. The van der Waals surface area contributed by atoms with Crippen molar-refractivity contribution in [2.24, 2.45) is 0 Å². The van der Waals surface area contributed by atoms with Gasteiger partial charge < -0.3 is 34.8 Å². The maximum Gasteiger partial charge on any atom is 0.266 e. The number of aromatic nitrogens is 4. The number of aliphatic hydroxyl groups is 1. The van der Waals surface area contributed by atoms with E-state index in [2.05, 4.69) is 32.7 Å². The van der Waals surface area contributed by atoms with Gasteiger partial charge in [0.1, 0.15) is 11.6 Å². The second-order valence-electron chi connectivity index (χ2n) is 11.1. The van der Waals surface area contributed by atoms with Crippen LogP contribution in [-0.4, -0.2) is 75.5 Å². The summed E-state index contributed by atoms with van der Waals surface area (Å²) in [6.45, 7) is 9.19. The van der Waals surface area contributed by atoms with Gasteiger partial charge in [-0.25, -0.2) is 9.97 Å². The molecule has 2 aliphatic rings. The molecule has 1 saturated heterocycles. The van der Waals surface area contributed by atoms with Crippen molar-refractivity contribution in [3.05, 3.63) is 71.5 Å². The predicted molar refractivity (Wildman–Crippen MR) is 162 cm³/mol. The standard InChI is InChI=1S/C31H36N8O4/c1-4-12-39-29(41)21-10-11-25(35-27(21)31(39,2)3)34-26-17-23(33-24(19-40)20-8-6-5-7-9-20)22(18-32-26)28-36-30(37-43-28)38-13-15-42-16-14-38/h5-11,17-18,24,40H,4,12-16,19H2,1-3H3,(H2,32,33,34,35)/t24-/m1/s1. The molecule has 3 N–H and O–H groups in total. The number of hydrogen-bond donors (Lipinski definition) is 3. The first-order valence-electron chi connectivity index (χ1n) is 14.6. The van der Waals surface area contributed by atoms with Gasteiger partial charge in [-0.05, 0) is 43.1 Å². The Morgan fingerprint density at radius 3 is 2.58 bits per heavy atom. The summed E-state index contributed by atoms with van der Waals surface area (Å²) in [5.74, 6) is 1.88. The number of hydrogen-bond acceptors (Lipinski definition) is 11. The quantitative estimate of drug-likeness (QED) is 0.245. The van der Waals surface area contributed by atoms with E-state index in [0.717, 1.165) is 17.7 Å². The topological polar surface area (TPSA) is 142 Å². The Hall–Kier alpha value is -4.55. The maximum absolute atomic E-state index is 13.0. The summed E-state index contributed by atoms with van der Waals surface area (Å²) in [6.07, 6.45) is 2.52. The zero-order valence-electron chi connectivity index (χ0n) is 24.6. The Morgan fingerprint density at radius 2 is 1.84 bits per heavy atom. The van der Waals surface area contributed by atoms with Crippen LogP contribution in [0.5, 0.6) is 0 Å². The largest absolute Gasteiger partial charge is 0.394 e. The van der Waals surface area contributed by atoms with Gasteiger partial charge in [0.2, 0.25) is 0 Å². The molecule has 0 aliphatic carbocycles. The third-order valence-corrected chi connectivity index (χ3v) is 7.89. The van der Waals surface area contributed by atoms with Crippen LogP contribution in [0.2, 0.25) is 0 Å². The highest BCUT2D eigenvalue weighted by Crippen LogP contribution is 2.39. The summed E-state index contributed by atoms with van der Waals surface area (Å²) in [4.78, 5) is 31.1. The molecule has 4 aromatic rings.